The Morgan fingerprint density at radius 1 is 1.11 bits per heavy atom. The number of fused-ring (bicyclic) bond motifs is 2. The van der Waals surface area contributed by atoms with Gasteiger partial charge < -0.3 is 35.3 Å². The molecular weight excluding hydrogens is 620 g/mol. The Hall–Kier alpha value is -4.14. The first kappa shape index (κ1) is 32.8. The van der Waals surface area contributed by atoms with E-state index in [4.69, 9.17) is 14.2 Å². The summed E-state index contributed by atoms with van der Waals surface area (Å²) >= 11 is 1.42. The van der Waals surface area contributed by atoms with Crippen molar-refractivity contribution >= 4 is 44.5 Å². The van der Waals surface area contributed by atoms with Gasteiger partial charge in [-0.1, -0.05) is 53.8 Å². The third-order valence-corrected chi connectivity index (χ3v) is 9.23. The fourth-order valence-electron chi connectivity index (χ4n) is 5.99. The zero-order chi connectivity index (χ0) is 32.6. The second-order valence-corrected chi connectivity index (χ2v) is 12.9. The largest absolute Gasteiger partial charge is 0.443 e. The van der Waals surface area contributed by atoms with E-state index in [0.717, 1.165) is 33.6 Å². The summed E-state index contributed by atoms with van der Waals surface area (Å²) in [6.07, 6.45) is 0.722. The number of carbonyl (C=O) groups excluding carboxylic acids is 2. The van der Waals surface area contributed by atoms with Gasteiger partial charge in [-0.15, -0.1) is 0 Å². The molecule has 6 rings (SSSR count). The molecule has 0 spiro atoms. The minimum Gasteiger partial charge on any atom is -0.443 e. The summed E-state index contributed by atoms with van der Waals surface area (Å²) in [5.41, 5.74) is 2.82. The Balaban J connectivity index is 1.16. The number of pyridine rings is 1. The van der Waals surface area contributed by atoms with Crippen LogP contribution in [0, 0.1) is 5.92 Å². The number of benzene rings is 2. The Bertz CT molecular complexity index is 1630. The van der Waals surface area contributed by atoms with Crippen LogP contribution in [0.4, 0.5) is 15.7 Å². The lowest BCUT2D eigenvalue weighted by atomic mass is 10.0. The van der Waals surface area contributed by atoms with Gasteiger partial charge in [-0.05, 0) is 48.2 Å². The van der Waals surface area contributed by atoms with E-state index in [1.807, 2.05) is 60.7 Å². The third-order valence-electron chi connectivity index (χ3n) is 8.30. The molecule has 2 amide bonds. The van der Waals surface area contributed by atoms with Crippen LogP contribution in [0.15, 0.2) is 72.9 Å². The summed E-state index contributed by atoms with van der Waals surface area (Å²) in [7, 11) is 0. The van der Waals surface area contributed by atoms with E-state index in [0.29, 0.717) is 44.4 Å². The quantitative estimate of drug-likeness (QED) is 0.156. The number of rotatable bonds is 14. The number of nitrogens with one attached hydrogen (secondary N) is 3. The predicted octanol–water partition coefficient (Wildman–Crippen LogP) is 4.02. The van der Waals surface area contributed by atoms with E-state index < -0.39 is 18.2 Å². The van der Waals surface area contributed by atoms with Crippen LogP contribution < -0.4 is 16.0 Å². The molecule has 4 heterocycles. The zero-order valence-corrected chi connectivity index (χ0v) is 27.0. The lowest BCUT2D eigenvalue weighted by Crippen LogP contribution is -2.50. The number of nitrogens with zero attached hydrogens (tertiary/aromatic N) is 3. The molecular formula is C34H40N6O6S. The molecule has 13 heteroatoms. The lowest BCUT2D eigenvalue weighted by molar-refractivity contribution is -0.114. The highest BCUT2D eigenvalue weighted by Gasteiger charge is 2.44. The number of ether oxygens (including phenoxy) is 3. The van der Waals surface area contributed by atoms with Gasteiger partial charge >= 0.3 is 6.09 Å². The van der Waals surface area contributed by atoms with Crippen LogP contribution >= 0.6 is 11.3 Å². The molecule has 0 bridgehead atoms. The van der Waals surface area contributed by atoms with Gasteiger partial charge in [-0.3, -0.25) is 9.69 Å². The summed E-state index contributed by atoms with van der Waals surface area (Å²) in [6.45, 7) is 4.34. The van der Waals surface area contributed by atoms with Crippen LogP contribution in [0.1, 0.15) is 24.5 Å². The van der Waals surface area contributed by atoms with Crippen LogP contribution in [0.3, 0.4) is 0 Å². The Morgan fingerprint density at radius 2 is 1.96 bits per heavy atom. The highest BCUT2D eigenvalue weighted by molar-refractivity contribution is 7.22. The molecule has 2 aliphatic rings. The molecule has 2 fully saturated rings. The first-order chi connectivity index (χ1) is 22.9. The maximum atomic E-state index is 13.2. The molecule has 2 saturated heterocycles. The van der Waals surface area contributed by atoms with Crippen LogP contribution in [-0.2, 0) is 32.0 Å². The fourth-order valence-corrected chi connectivity index (χ4v) is 6.96. The van der Waals surface area contributed by atoms with Crippen molar-refractivity contribution in [1.82, 2.24) is 20.2 Å². The number of hydrogen-bond acceptors (Lipinski definition) is 11. The van der Waals surface area contributed by atoms with E-state index in [1.54, 1.807) is 6.20 Å². The normalized spacial score (nSPS) is 20.1. The number of amides is 2. The molecule has 5 unspecified atom stereocenters. The SMILES string of the molecule is CC(=O)Nc1nc2ccc(CN(CCNc3ccccn3)CC(O)C(Cc3ccccc3)NC(=O)OC3COC4OCCC34)cc2s1. The van der Waals surface area contributed by atoms with E-state index >= 15 is 0 Å². The average Bonchev–Trinajstić information content (AvgIpc) is 3.78. The maximum Gasteiger partial charge on any atom is 0.407 e. The van der Waals surface area contributed by atoms with Crippen molar-refractivity contribution in [1.29, 1.82) is 0 Å². The number of carbonyl (C=O) groups is 2. The topological polar surface area (TPSA) is 147 Å². The molecule has 2 aromatic heterocycles. The molecule has 2 aromatic carbocycles. The Morgan fingerprint density at radius 3 is 2.77 bits per heavy atom. The Kier molecular flexibility index (Phi) is 10.9. The van der Waals surface area contributed by atoms with Crippen LogP contribution in [0.5, 0.6) is 0 Å². The second kappa shape index (κ2) is 15.6. The van der Waals surface area contributed by atoms with Gasteiger partial charge in [0.1, 0.15) is 11.9 Å². The molecule has 2 aliphatic heterocycles. The van der Waals surface area contributed by atoms with Crippen molar-refractivity contribution in [2.75, 3.05) is 43.5 Å². The van der Waals surface area contributed by atoms with E-state index in [9.17, 15) is 14.7 Å². The number of aromatic nitrogens is 2. The van der Waals surface area contributed by atoms with Crippen LogP contribution in [0.2, 0.25) is 0 Å². The molecule has 0 saturated carbocycles. The second-order valence-electron chi connectivity index (χ2n) is 11.9. The maximum absolute atomic E-state index is 13.2. The predicted molar refractivity (Wildman–Crippen MR) is 179 cm³/mol. The summed E-state index contributed by atoms with van der Waals surface area (Å²) in [5, 5.41) is 21.3. The first-order valence-corrected chi connectivity index (χ1v) is 16.7. The van der Waals surface area contributed by atoms with Gasteiger partial charge in [0, 0.05) is 39.3 Å². The molecule has 4 aromatic rings. The van der Waals surface area contributed by atoms with Gasteiger partial charge in [0.2, 0.25) is 5.91 Å². The molecule has 12 nitrogen and oxygen atoms in total. The van der Waals surface area contributed by atoms with Gasteiger partial charge in [-0.25, -0.2) is 14.8 Å². The van der Waals surface area contributed by atoms with Crippen molar-refractivity contribution in [3.8, 4) is 0 Å². The van der Waals surface area contributed by atoms with E-state index in [1.165, 1.54) is 18.3 Å². The number of thiazole rings is 1. The average molecular weight is 661 g/mol. The minimum absolute atomic E-state index is 0.0190. The van der Waals surface area contributed by atoms with Crippen molar-refractivity contribution in [2.24, 2.45) is 5.92 Å². The van der Waals surface area contributed by atoms with Crippen molar-refractivity contribution < 1.29 is 28.9 Å². The number of anilines is 2. The van der Waals surface area contributed by atoms with Gasteiger partial charge in [0.15, 0.2) is 11.4 Å². The van der Waals surface area contributed by atoms with Gasteiger partial charge in [0.25, 0.3) is 0 Å². The minimum atomic E-state index is -0.918. The number of hydrogen-bond donors (Lipinski definition) is 4. The highest BCUT2D eigenvalue weighted by Crippen LogP contribution is 2.33. The van der Waals surface area contributed by atoms with E-state index in [-0.39, 0.29) is 30.8 Å². The number of alkyl carbamates (subject to hydrolysis) is 1. The standard InChI is InChI=1S/C34H40N6O6S/c1-22(41)37-33-38-26-11-10-24(18-30(26)47-33)19-40(15-14-36-31-9-5-6-13-35-31)20-28(42)27(17-23-7-3-2-4-8-23)39-34(43)46-29-21-45-32-25(29)12-16-44-32/h2-11,13,18,25,27-29,32,42H,12,14-17,19-21H2,1H3,(H,35,36)(H,39,43)(H,37,38,41). The van der Waals surface area contributed by atoms with Crippen molar-refractivity contribution in [3.63, 3.8) is 0 Å². The summed E-state index contributed by atoms with van der Waals surface area (Å²) in [6, 6.07) is 20.9. The summed E-state index contributed by atoms with van der Waals surface area (Å²) in [4.78, 5) is 35.7. The van der Waals surface area contributed by atoms with Crippen molar-refractivity contribution in [2.45, 2.75) is 50.8 Å². The Labute approximate surface area is 277 Å². The first-order valence-electron chi connectivity index (χ1n) is 15.9. The summed E-state index contributed by atoms with van der Waals surface area (Å²) in [5.74, 6) is 0.619. The molecule has 0 radical (unpaired) electrons. The molecule has 5 atom stereocenters. The molecule has 47 heavy (non-hydrogen) atoms. The fraction of sp³-hybridized carbons (Fsp3) is 0.412. The zero-order valence-electron chi connectivity index (χ0n) is 26.2. The third kappa shape index (κ3) is 9.02. The highest BCUT2D eigenvalue weighted by atomic mass is 32.1. The lowest BCUT2D eigenvalue weighted by Gasteiger charge is -2.30. The van der Waals surface area contributed by atoms with Gasteiger partial charge in [0.05, 0.1) is 41.5 Å². The van der Waals surface area contributed by atoms with Crippen LogP contribution in [0.25, 0.3) is 10.2 Å². The molecule has 4 N–H and O–H groups in total. The molecule has 248 valence electrons. The monoisotopic (exact) mass is 660 g/mol. The van der Waals surface area contributed by atoms with Gasteiger partial charge in [-0.2, -0.15) is 0 Å². The number of aliphatic hydroxyl groups is 1. The number of aliphatic hydroxyl groups excluding tert-OH is 1. The smallest absolute Gasteiger partial charge is 0.407 e. The van der Waals surface area contributed by atoms with E-state index in [2.05, 4.69) is 36.9 Å². The molecule has 0 aliphatic carbocycles. The van der Waals surface area contributed by atoms with Crippen molar-refractivity contribution in [3.05, 3.63) is 84.1 Å². The summed E-state index contributed by atoms with van der Waals surface area (Å²) < 4.78 is 18.0. The van der Waals surface area contributed by atoms with Crippen LogP contribution in [-0.4, -0.2) is 89.4 Å².